The van der Waals surface area contributed by atoms with Crippen LogP contribution in [0.4, 0.5) is 0 Å². The third-order valence-corrected chi connectivity index (χ3v) is 3.89. The van der Waals surface area contributed by atoms with Gasteiger partial charge in [-0.05, 0) is 6.92 Å². The highest BCUT2D eigenvalue weighted by atomic mass is 32.2. The smallest absolute Gasteiger partial charge is 0.205 e. The van der Waals surface area contributed by atoms with Crippen LogP contribution in [0.25, 0.3) is 0 Å². The molecule has 10 heavy (non-hydrogen) atoms. The van der Waals surface area contributed by atoms with E-state index in [2.05, 4.69) is 4.40 Å². The van der Waals surface area contributed by atoms with E-state index in [-0.39, 0.29) is 11.0 Å². The number of sulfonamides is 1. The van der Waals surface area contributed by atoms with Crippen LogP contribution in [0.15, 0.2) is 4.40 Å². The van der Waals surface area contributed by atoms with Gasteiger partial charge in [-0.15, -0.1) is 11.8 Å². The van der Waals surface area contributed by atoms with Crippen molar-refractivity contribution in [3.05, 3.63) is 0 Å². The second-order valence-corrected chi connectivity index (χ2v) is 5.60. The molecule has 0 aromatic heterocycles. The maximum Gasteiger partial charge on any atom is 0.254 e. The van der Waals surface area contributed by atoms with Crippen molar-refractivity contribution in [2.24, 2.45) is 4.40 Å². The largest absolute Gasteiger partial charge is 0.254 e. The van der Waals surface area contributed by atoms with Gasteiger partial charge >= 0.3 is 0 Å². The average molecular weight is 179 g/mol. The molecule has 1 unspecified atom stereocenters. The van der Waals surface area contributed by atoms with Crippen molar-refractivity contribution < 1.29 is 8.42 Å². The summed E-state index contributed by atoms with van der Waals surface area (Å²) in [5.41, 5.74) is 0. The van der Waals surface area contributed by atoms with E-state index < -0.39 is 10.0 Å². The molecule has 1 heterocycles. The van der Waals surface area contributed by atoms with Crippen LogP contribution in [0.1, 0.15) is 13.8 Å². The van der Waals surface area contributed by atoms with E-state index in [1.807, 2.05) is 6.92 Å². The Labute approximate surface area is 65.0 Å². The average Bonchev–Trinajstić information content (AvgIpc) is 1.54. The second-order valence-electron chi connectivity index (χ2n) is 2.29. The van der Waals surface area contributed by atoms with Gasteiger partial charge in [0.2, 0.25) is 0 Å². The Balaban J connectivity index is 2.95. The van der Waals surface area contributed by atoms with Crippen molar-refractivity contribution in [2.45, 2.75) is 19.1 Å². The molecular formula is C5H9NO2S2. The lowest BCUT2D eigenvalue weighted by Gasteiger charge is -2.14. The van der Waals surface area contributed by atoms with Crippen LogP contribution in [0.3, 0.4) is 0 Å². The number of rotatable bonds is 0. The van der Waals surface area contributed by atoms with Crippen molar-refractivity contribution in [1.29, 1.82) is 0 Å². The van der Waals surface area contributed by atoms with Crippen molar-refractivity contribution in [3.8, 4) is 0 Å². The molecule has 0 saturated carbocycles. The quantitative estimate of drug-likeness (QED) is 0.554. The summed E-state index contributed by atoms with van der Waals surface area (Å²) < 4.78 is 25.3. The molecule has 1 aliphatic heterocycles. The molecule has 5 heteroatoms. The summed E-state index contributed by atoms with van der Waals surface area (Å²) in [6, 6.07) is 0. The molecule has 0 aromatic rings. The van der Waals surface area contributed by atoms with Crippen molar-refractivity contribution in [2.75, 3.05) is 5.75 Å². The Bertz CT molecular complexity index is 255. The minimum Gasteiger partial charge on any atom is -0.205 e. The predicted molar refractivity (Wildman–Crippen MR) is 43.9 cm³/mol. The normalized spacial score (nSPS) is 31.4. The Morgan fingerprint density at radius 3 is 2.70 bits per heavy atom. The number of thioether (sulfide) groups is 1. The molecular weight excluding hydrogens is 170 g/mol. The van der Waals surface area contributed by atoms with Gasteiger partial charge in [-0.2, -0.15) is 4.40 Å². The molecule has 3 nitrogen and oxygen atoms in total. The zero-order chi connectivity index (χ0) is 7.78. The Morgan fingerprint density at radius 1 is 1.70 bits per heavy atom. The van der Waals surface area contributed by atoms with Crippen LogP contribution in [0.5, 0.6) is 0 Å². The lowest BCUT2D eigenvalue weighted by Crippen LogP contribution is -2.20. The summed E-state index contributed by atoms with van der Waals surface area (Å²) in [7, 11) is -3.11. The topological polar surface area (TPSA) is 46.5 Å². The van der Waals surface area contributed by atoms with E-state index in [1.54, 1.807) is 6.92 Å². The number of nitrogens with zero attached hydrogens (tertiary/aromatic N) is 1. The zero-order valence-corrected chi connectivity index (χ0v) is 7.50. The molecule has 0 fully saturated rings. The van der Waals surface area contributed by atoms with Gasteiger partial charge in [-0.3, -0.25) is 0 Å². The first kappa shape index (κ1) is 8.07. The fourth-order valence-corrected chi connectivity index (χ4v) is 3.82. The number of hydrogen-bond acceptors (Lipinski definition) is 3. The monoisotopic (exact) mass is 179 g/mol. The van der Waals surface area contributed by atoms with Crippen LogP contribution >= 0.6 is 11.8 Å². The molecule has 1 atom stereocenters. The summed E-state index contributed by atoms with van der Waals surface area (Å²) in [6.45, 7) is 3.61. The molecule has 0 aliphatic carbocycles. The summed E-state index contributed by atoms with van der Waals surface area (Å²) in [5.74, 6) is 0.176. The maximum absolute atomic E-state index is 10.9. The minimum absolute atomic E-state index is 0.155. The highest BCUT2D eigenvalue weighted by Crippen LogP contribution is 2.21. The van der Waals surface area contributed by atoms with E-state index in [0.29, 0.717) is 5.04 Å². The summed E-state index contributed by atoms with van der Waals surface area (Å²) in [5, 5.41) is 0.807. The van der Waals surface area contributed by atoms with Crippen molar-refractivity contribution in [1.82, 2.24) is 0 Å². The van der Waals surface area contributed by atoms with Crippen LogP contribution in [0, 0.1) is 0 Å². The molecule has 0 radical (unpaired) electrons. The summed E-state index contributed by atoms with van der Waals surface area (Å²) in [6.07, 6.45) is 0. The SMILES string of the molecule is CC1=NS(=O)(=O)CC(C)S1. The first-order chi connectivity index (χ1) is 4.49. The molecule has 58 valence electrons. The van der Waals surface area contributed by atoms with Crippen molar-refractivity contribution in [3.63, 3.8) is 0 Å². The van der Waals surface area contributed by atoms with Gasteiger partial charge in [0.25, 0.3) is 10.0 Å². The molecule has 0 spiro atoms. The van der Waals surface area contributed by atoms with E-state index >= 15 is 0 Å². The van der Waals surface area contributed by atoms with Gasteiger partial charge in [0.15, 0.2) is 0 Å². The lowest BCUT2D eigenvalue weighted by atomic mass is 10.6. The lowest BCUT2D eigenvalue weighted by molar-refractivity contribution is 0.597. The van der Waals surface area contributed by atoms with Crippen LogP contribution in [-0.4, -0.2) is 24.5 Å². The van der Waals surface area contributed by atoms with Gasteiger partial charge in [-0.1, -0.05) is 6.92 Å². The molecule has 0 aromatic carbocycles. The van der Waals surface area contributed by atoms with Gasteiger partial charge in [-0.25, -0.2) is 8.42 Å². The first-order valence-corrected chi connectivity index (χ1v) is 5.44. The fraction of sp³-hybridized carbons (Fsp3) is 0.800. The highest BCUT2D eigenvalue weighted by Gasteiger charge is 2.21. The van der Waals surface area contributed by atoms with Gasteiger partial charge in [0.1, 0.15) is 0 Å². The zero-order valence-electron chi connectivity index (χ0n) is 5.86. The minimum atomic E-state index is -3.11. The number of hydrogen-bond donors (Lipinski definition) is 0. The summed E-state index contributed by atoms with van der Waals surface area (Å²) in [4.78, 5) is 0. The van der Waals surface area contributed by atoms with Gasteiger partial charge < -0.3 is 0 Å². The van der Waals surface area contributed by atoms with E-state index in [0.717, 1.165) is 0 Å². The standard InChI is InChI=1S/C5H9NO2S2/c1-4-3-10(7,8)6-5(2)9-4/h4H,3H2,1-2H3. The summed E-state index contributed by atoms with van der Waals surface area (Å²) >= 11 is 1.51. The maximum atomic E-state index is 10.9. The molecule has 1 aliphatic rings. The molecule has 0 N–H and O–H groups in total. The van der Waals surface area contributed by atoms with Gasteiger partial charge in [0.05, 0.1) is 10.8 Å². The van der Waals surface area contributed by atoms with E-state index in [1.165, 1.54) is 11.8 Å². The third kappa shape index (κ3) is 1.98. The Morgan fingerprint density at radius 2 is 2.30 bits per heavy atom. The first-order valence-electron chi connectivity index (χ1n) is 2.95. The van der Waals surface area contributed by atoms with Crippen LogP contribution in [0.2, 0.25) is 0 Å². The van der Waals surface area contributed by atoms with E-state index in [9.17, 15) is 8.42 Å². The molecule has 1 rings (SSSR count). The molecule has 0 amide bonds. The molecule has 0 bridgehead atoms. The molecule has 0 saturated heterocycles. The Hall–Kier alpha value is -0.0300. The van der Waals surface area contributed by atoms with Crippen LogP contribution < -0.4 is 0 Å². The third-order valence-electron chi connectivity index (χ3n) is 1.08. The second kappa shape index (κ2) is 2.54. The van der Waals surface area contributed by atoms with Crippen LogP contribution in [-0.2, 0) is 10.0 Å². The fourth-order valence-electron chi connectivity index (χ4n) is 0.876. The Kier molecular flexibility index (Phi) is 2.05. The highest BCUT2D eigenvalue weighted by molar-refractivity contribution is 8.16. The van der Waals surface area contributed by atoms with Gasteiger partial charge in [0, 0.05) is 5.25 Å². The van der Waals surface area contributed by atoms with E-state index in [4.69, 9.17) is 0 Å². The predicted octanol–water partition coefficient (Wildman–Crippen LogP) is 0.870. The van der Waals surface area contributed by atoms with Crippen molar-refractivity contribution >= 4 is 26.8 Å².